The quantitative estimate of drug-likeness (QED) is 0.641. The molecule has 0 N–H and O–H groups in total. The highest BCUT2D eigenvalue weighted by Crippen LogP contribution is 2.29. The number of likely N-dealkylation sites (tertiary alicyclic amines) is 2. The van der Waals surface area contributed by atoms with E-state index in [2.05, 4.69) is 16.8 Å². The van der Waals surface area contributed by atoms with E-state index in [0.717, 1.165) is 6.04 Å². The average Bonchev–Trinajstić information content (AvgIpc) is 2.59. The van der Waals surface area contributed by atoms with Crippen molar-refractivity contribution in [2.75, 3.05) is 33.2 Å². The fraction of sp³-hybridized carbons (Fsp3) is 1.00. The smallest absolute Gasteiger partial charge is 0.0707 e. The Bertz CT molecular complexity index is 214. The monoisotopic (exact) mass is 210 g/mol. The molecule has 3 saturated heterocycles. The minimum Gasteiger partial charge on any atom is -0.372 e. The van der Waals surface area contributed by atoms with Gasteiger partial charge in [-0.2, -0.15) is 0 Å². The lowest BCUT2D eigenvalue weighted by Gasteiger charge is -2.41. The lowest BCUT2D eigenvalue weighted by Crippen LogP contribution is -2.51. The summed E-state index contributed by atoms with van der Waals surface area (Å²) in [4.78, 5) is 5.16. The Morgan fingerprint density at radius 1 is 0.933 bits per heavy atom. The highest BCUT2D eigenvalue weighted by Gasteiger charge is 2.36. The number of morpholine rings is 1. The first-order valence-electron chi connectivity index (χ1n) is 6.39. The van der Waals surface area contributed by atoms with E-state index < -0.39 is 0 Å². The molecule has 0 amide bonds. The Morgan fingerprint density at radius 3 is 2.13 bits per heavy atom. The van der Waals surface area contributed by atoms with Crippen LogP contribution in [-0.2, 0) is 4.74 Å². The highest BCUT2D eigenvalue weighted by atomic mass is 16.5. The first-order valence-corrected chi connectivity index (χ1v) is 6.39. The molecule has 2 bridgehead atoms. The SMILES string of the molecule is CN1CCC(N2CC3CCC(C2)O3)CC1. The van der Waals surface area contributed by atoms with Gasteiger partial charge in [0, 0.05) is 19.1 Å². The van der Waals surface area contributed by atoms with Crippen LogP contribution in [0.2, 0.25) is 0 Å². The largest absolute Gasteiger partial charge is 0.372 e. The Morgan fingerprint density at radius 2 is 1.53 bits per heavy atom. The molecule has 0 radical (unpaired) electrons. The van der Waals surface area contributed by atoms with E-state index >= 15 is 0 Å². The van der Waals surface area contributed by atoms with Gasteiger partial charge in [-0.05, 0) is 45.8 Å². The van der Waals surface area contributed by atoms with Gasteiger partial charge in [0.1, 0.15) is 0 Å². The first-order chi connectivity index (χ1) is 7.31. The molecule has 0 aromatic carbocycles. The summed E-state index contributed by atoms with van der Waals surface area (Å²) in [5.41, 5.74) is 0. The maximum atomic E-state index is 5.89. The molecule has 0 aromatic heterocycles. The van der Waals surface area contributed by atoms with Crippen LogP contribution >= 0.6 is 0 Å². The second kappa shape index (κ2) is 4.04. The summed E-state index contributed by atoms with van der Waals surface area (Å²) in [5.74, 6) is 0. The highest BCUT2D eigenvalue weighted by molar-refractivity contribution is 4.89. The number of fused-ring (bicyclic) bond motifs is 2. The molecule has 3 aliphatic heterocycles. The standard InChI is InChI=1S/C12H22N2O/c1-13-6-4-10(5-7-13)14-8-11-2-3-12(9-14)15-11/h10-12H,2-9H2,1H3. The van der Waals surface area contributed by atoms with Crippen molar-refractivity contribution in [3.8, 4) is 0 Å². The Balaban J connectivity index is 1.58. The van der Waals surface area contributed by atoms with E-state index in [-0.39, 0.29) is 0 Å². The molecule has 86 valence electrons. The summed E-state index contributed by atoms with van der Waals surface area (Å²) < 4.78 is 5.89. The third-order valence-corrected chi connectivity index (χ3v) is 4.28. The maximum absolute atomic E-state index is 5.89. The summed E-state index contributed by atoms with van der Waals surface area (Å²) in [5, 5.41) is 0. The van der Waals surface area contributed by atoms with Crippen LogP contribution in [0.1, 0.15) is 25.7 Å². The van der Waals surface area contributed by atoms with Gasteiger partial charge in [-0.1, -0.05) is 0 Å². The van der Waals surface area contributed by atoms with Crippen molar-refractivity contribution in [3.05, 3.63) is 0 Å². The average molecular weight is 210 g/mol. The number of rotatable bonds is 1. The van der Waals surface area contributed by atoms with E-state index in [1.807, 2.05) is 0 Å². The lowest BCUT2D eigenvalue weighted by molar-refractivity contribution is -0.0597. The molecule has 0 aliphatic carbocycles. The van der Waals surface area contributed by atoms with Crippen LogP contribution in [0.25, 0.3) is 0 Å². The lowest BCUT2D eigenvalue weighted by atomic mass is 10.0. The number of hydrogen-bond acceptors (Lipinski definition) is 3. The van der Waals surface area contributed by atoms with Gasteiger partial charge in [0.15, 0.2) is 0 Å². The molecule has 3 fully saturated rings. The molecule has 15 heavy (non-hydrogen) atoms. The van der Waals surface area contributed by atoms with E-state index in [1.54, 1.807) is 0 Å². The van der Waals surface area contributed by atoms with E-state index in [0.29, 0.717) is 12.2 Å². The summed E-state index contributed by atoms with van der Waals surface area (Å²) in [6.07, 6.45) is 6.43. The van der Waals surface area contributed by atoms with Gasteiger partial charge in [0.25, 0.3) is 0 Å². The van der Waals surface area contributed by atoms with Gasteiger partial charge in [0.2, 0.25) is 0 Å². The van der Waals surface area contributed by atoms with E-state index in [4.69, 9.17) is 4.74 Å². The maximum Gasteiger partial charge on any atom is 0.0707 e. The molecule has 3 nitrogen and oxygen atoms in total. The van der Waals surface area contributed by atoms with Crippen LogP contribution in [0, 0.1) is 0 Å². The van der Waals surface area contributed by atoms with Crippen LogP contribution in [0.15, 0.2) is 0 Å². The van der Waals surface area contributed by atoms with E-state index in [9.17, 15) is 0 Å². The van der Waals surface area contributed by atoms with Gasteiger partial charge < -0.3 is 9.64 Å². The summed E-state index contributed by atoms with van der Waals surface area (Å²) in [7, 11) is 2.24. The minimum absolute atomic E-state index is 0.559. The fourth-order valence-corrected chi connectivity index (χ4v) is 3.30. The van der Waals surface area contributed by atoms with Crippen molar-refractivity contribution in [3.63, 3.8) is 0 Å². The third-order valence-electron chi connectivity index (χ3n) is 4.28. The van der Waals surface area contributed by atoms with Gasteiger partial charge in [-0.15, -0.1) is 0 Å². The number of piperidine rings is 1. The normalized spacial score (nSPS) is 39.8. The zero-order valence-corrected chi connectivity index (χ0v) is 9.69. The Hall–Kier alpha value is -0.120. The molecule has 0 saturated carbocycles. The number of nitrogens with zero attached hydrogens (tertiary/aromatic N) is 2. The predicted octanol–water partition coefficient (Wildman–Crippen LogP) is 0.944. The molecular weight excluding hydrogens is 188 g/mol. The second-order valence-corrected chi connectivity index (χ2v) is 5.45. The van der Waals surface area contributed by atoms with Crippen molar-refractivity contribution in [1.82, 2.24) is 9.80 Å². The van der Waals surface area contributed by atoms with Gasteiger partial charge in [-0.3, -0.25) is 4.90 Å². The fourth-order valence-electron chi connectivity index (χ4n) is 3.30. The minimum atomic E-state index is 0.559. The molecule has 3 rings (SSSR count). The van der Waals surface area contributed by atoms with Gasteiger partial charge in [-0.25, -0.2) is 0 Å². The molecule has 0 aromatic rings. The van der Waals surface area contributed by atoms with Crippen molar-refractivity contribution in [2.24, 2.45) is 0 Å². The molecule has 3 aliphatic rings. The summed E-state index contributed by atoms with van der Waals surface area (Å²) in [6.45, 7) is 4.95. The Kier molecular flexibility index (Phi) is 2.71. The number of ether oxygens (including phenoxy) is 1. The molecule has 3 heteroatoms. The summed E-state index contributed by atoms with van der Waals surface area (Å²) >= 11 is 0. The van der Waals surface area contributed by atoms with Gasteiger partial charge >= 0.3 is 0 Å². The molecular formula is C12H22N2O. The molecule has 2 unspecified atom stereocenters. The van der Waals surface area contributed by atoms with E-state index in [1.165, 1.54) is 51.9 Å². The van der Waals surface area contributed by atoms with Crippen LogP contribution in [0.4, 0.5) is 0 Å². The topological polar surface area (TPSA) is 15.7 Å². The van der Waals surface area contributed by atoms with Gasteiger partial charge in [0.05, 0.1) is 12.2 Å². The van der Waals surface area contributed by atoms with Crippen LogP contribution in [-0.4, -0.2) is 61.3 Å². The molecule has 3 heterocycles. The van der Waals surface area contributed by atoms with Crippen LogP contribution in [0.3, 0.4) is 0 Å². The summed E-state index contributed by atoms with van der Waals surface area (Å²) in [6, 6.07) is 0.841. The molecule has 2 atom stereocenters. The first kappa shape index (κ1) is 10.1. The molecule has 0 spiro atoms. The number of hydrogen-bond donors (Lipinski definition) is 0. The van der Waals surface area contributed by atoms with Crippen molar-refractivity contribution in [2.45, 2.75) is 43.9 Å². The zero-order chi connectivity index (χ0) is 10.3. The van der Waals surface area contributed by atoms with Crippen LogP contribution in [0.5, 0.6) is 0 Å². The predicted molar refractivity (Wildman–Crippen MR) is 60.0 cm³/mol. The Labute approximate surface area is 92.4 Å². The zero-order valence-electron chi connectivity index (χ0n) is 9.69. The van der Waals surface area contributed by atoms with Crippen molar-refractivity contribution < 1.29 is 4.74 Å². The van der Waals surface area contributed by atoms with Crippen LogP contribution < -0.4 is 0 Å². The van der Waals surface area contributed by atoms with Crippen molar-refractivity contribution >= 4 is 0 Å². The second-order valence-electron chi connectivity index (χ2n) is 5.45. The third kappa shape index (κ3) is 2.05. The van der Waals surface area contributed by atoms with Crippen molar-refractivity contribution in [1.29, 1.82) is 0 Å².